The summed E-state index contributed by atoms with van der Waals surface area (Å²) in [6.07, 6.45) is 0.732. The van der Waals surface area contributed by atoms with Gasteiger partial charge in [-0.3, -0.25) is 4.98 Å². The largest absolute Gasteiger partial charge is 0.388 e. The maximum atomic E-state index is 13.3. The van der Waals surface area contributed by atoms with Crippen molar-refractivity contribution in [1.82, 2.24) is 4.98 Å². The molecule has 0 aliphatic carbocycles. The Bertz CT molecular complexity index is 550. The summed E-state index contributed by atoms with van der Waals surface area (Å²) in [5, 5.41) is 10.4. The molecule has 5 heteroatoms. The lowest BCUT2D eigenvalue weighted by molar-refractivity contribution is 0.144. The fraction of sp³-hybridized carbons (Fsp3) is 0.214. The molecule has 100 valence electrons. The highest BCUT2D eigenvalue weighted by molar-refractivity contribution is 9.10. The Kier molecular flexibility index (Phi) is 4.63. The molecule has 2 unspecified atom stereocenters. The quantitative estimate of drug-likeness (QED) is 0.909. The number of rotatable bonds is 4. The van der Waals surface area contributed by atoms with Crippen molar-refractivity contribution in [2.24, 2.45) is 5.73 Å². The Morgan fingerprint density at radius 3 is 2.74 bits per heavy atom. The van der Waals surface area contributed by atoms with Crippen molar-refractivity contribution in [3.05, 3.63) is 64.1 Å². The lowest BCUT2D eigenvalue weighted by atomic mass is 9.92. The fourth-order valence-electron chi connectivity index (χ4n) is 1.96. The molecule has 3 nitrogen and oxygen atoms in total. The van der Waals surface area contributed by atoms with Crippen LogP contribution in [0.5, 0.6) is 0 Å². The van der Waals surface area contributed by atoms with E-state index in [4.69, 9.17) is 5.73 Å². The van der Waals surface area contributed by atoms with E-state index in [1.165, 1.54) is 12.1 Å². The summed E-state index contributed by atoms with van der Waals surface area (Å²) < 4.78 is 13.9. The van der Waals surface area contributed by atoms with E-state index >= 15 is 0 Å². The Hall–Kier alpha value is -1.30. The van der Waals surface area contributed by atoms with Crippen molar-refractivity contribution in [2.45, 2.75) is 12.0 Å². The molecule has 2 rings (SSSR count). The molecular weight excluding hydrogens is 311 g/mol. The minimum atomic E-state index is -0.912. The molecule has 0 aliphatic rings. The molecule has 2 atom stereocenters. The molecule has 1 heterocycles. The van der Waals surface area contributed by atoms with Gasteiger partial charge in [0.15, 0.2) is 0 Å². The van der Waals surface area contributed by atoms with E-state index in [1.807, 2.05) is 6.07 Å². The van der Waals surface area contributed by atoms with E-state index in [0.717, 1.165) is 0 Å². The van der Waals surface area contributed by atoms with Gasteiger partial charge in [-0.2, -0.15) is 0 Å². The number of nitrogens with zero attached hydrogens (tertiary/aromatic N) is 1. The highest BCUT2D eigenvalue weighted by Crippen LogP contribution is 2.33. The third kappa shape index (κ3) is 3.18. The zero-order chi connectivity index (χ0) is 13.8. The molecule has 3 N–H and O–H groups in total. The van der Waals surface area contributed by atoms with Crippen molar-refractivity contribution in [2.75, 3.05) is 6.54 Å². The lowest BCUT2D eigenvalue weighted by Gasteiger charge is -2.22. The molecule has 2 aromatic rings. The molecule has 0 bridgehead atoms. The van der Waals surface area contributed by atoms with Crippen LogP contribution in [-0.2, 0) is 0 Å². The molecule has 0 saturated carbocycles. The predicted octanol–water partition coefficient (Wildman–Crippen LogP) is 2.76. The Morgan fingerprint density at radius 1 is 1.32 bits per heavy atom. The summed E-state index contributed by atoms with van der Waals surface area (Å²) in [6, 6.07) is 9.63. The maximum Gasteiger partial charge on any atom is 0.123 e. The van der Waals surface area contributed by atoms with E-state index in [1.54, 1.807) is 24.4 Å². The van der Waals surface area contributed by atoms with Crippen LogP contribution in [0, 0.1) is 5.82 Å². The van der Waals surface area contributed by atoms with Gasteiger partial charge < -0.3 is 10.8 Å². The van der Waals surface area contributed by atoms with Crippen LogP contribution in [0.25, 0.3) is 0 Å². The second-order valence-corrected chi connectivity index (χ2v) is 5.06. The van der Waals surface area contributed by atoms with Crippen molar-refractivity contribution in [3.8, 4) is 0 Å². The summed E-state index contributed by atoms with van der Waals surface area (Å²) in [5.41, 5.74) is 6.88. The third-order valence-electron chi connectivity index (χ3n) is 2.98. The van der Waals surface area contributed by atoms with Gasteiger partial charge in [-0.1, -0.05) is 22.0 Å². The smallest absolute Gasteiger partial charge is 0.123 e. The van der Waals surface area contributed by atoms with Crippen LogP contribution in [0.15, 0.2) is 47.1 Å². The van der Waals surface area contributed by atoms with Crippen molar-refractivity contribution < 1.29 is 9.50 Å². The number of aromatic nitrogens is 1. The van der Waals surface area contributed by atoms with Gasteiger partial charge in [0.25, 0.3) is 0 Å². The van der Waals surface area contributed by atoms with Crippen LogP contribution < -0.4 is 5.73 Å². The first kappa shape index (κ1) is 14.1. The summed E-state index contributed by atoms with van der Waals surface area (Å²) in [4.78, 5) is 4.20. The number of benzene rings is 1. The molecular formula is C14H14BrFN2O. The molecule has 19 heavy (non-hydrogen) atoms. The summed E-state index contributed by atoms with van der Waals surface area (Å²) in [7, 11) is 0. The van der Waals surface area contributed by atoms with Gasteiger partial charge in [-0.15, -0.1) is 0 Å². The van der Waals surface area contributed by atoms with Crippen molar-refractivity contribution in [3.63, 3.8) is 0 Å². The van der Waals surface area contributed by atoms with E-state index in [9.17, 15) is 9.50 Å². The molecule has 0 spiro atoms. The second-order valence-electron chi connectivity index (χ2n) is 4.21. The summed E-state index contributed by atoms with van der Waals surface area (Å²) in [6.45, 7) is 0.223. The SMILES string of the molecule is NCC(c1ccccn1)C(O)c1cc(F)ccc1Br. The Morgan fingerprint density at radius 2 is 2.11 bits per heavy atom. The average Bonchev–Trinajstić information content (AvgIpc) is 2.43. The minimum absolute atomic E-state index is 0.223. The minimum Gasteiger partial charge on any atom is -0.388 e. The van der Waals surface area contributed by atoms with Crippen LogP contribution in [0.3, 0.4) is 0 Å². The van der Waals surface area contributed by atoms with Gasteiger partial charge in [0.05, 0.1) is 6.10 Å². The first-order valence-corrected chi connectivity index (χ1v) is 6.66. The Labute approximate surface area is 119 Å². The van der Waals surface area contributed by atoms with E-state index < -0.39 is 11.9 Å². The van der Waals surface area contributed by atoms with Crippen LogP contribution in [0.4, 0.5) is 4.39 Å². The summed E-state index contributed by atoms with van der Waals surface area (Å²) >= 11 is 3.31. The predicted molar refractivity (Wildman–Crippen MR) is 75.1 cm³/mol. The lowest BCUT2D eigenvalue weighted by Crippen LogP contribution is -2.21. The third-order valence-corrected chi connectivity index (χ3v) is 3.70. The highest BCUT2D eigenvalue weighted by Gasteiger charge is 2.24. The fourth-order valence-corrected chi connectivity index (χ4v) is 2.45. The Balaban J connectivity index is 2.36. The average molecular weight is 325 g/mol. The first-order valence-electron chi connectivity index (χ1n) is 5.87. The van der Waals surface area contributed by atoms with Crippen LogP contribution in [0.2, 0.25) is 0 Å². The van der Waals surface area contributed by atoms with Crippen LogP contribution in [0.1, 0.15) is 23.3 Å². The van der Waals surface area contributed by atoms with Gasteiger partial charge in [0.2, 0.25) is 0 Å². The first-order chi connectivity index (χ1) is 9.13. The standard InChI is InChI=1S/C14H14BrFN2O/c15-12-5-4-9(16)7-10(12)14(19)11(8-17)13-3-1-2-6-18-13/h1-7,11,14,19H,8,17H2. The number of nitrogens with two attached hydrogens (primary N) is 1. The van der Waals surface area contributed by atoms with E-state index in [0.29, 0.717) is 15.7 Å². The van der Waals surface area contributed by atoms with Gasteiger partial charge in [0, 0.05) is 28.8 Å². The number of halogens is 2. The molecule has 0 saturated heterocycles. The molecule has 0 radical (unpaired) electrons. The number of aliphatic hydroxyl groups is 1. The number of hydrogen-bond acceptors (Lipinski definition) is 3. The summed E-state index contributed by atoms with van der Waals surface area (Å²) in [5.74, 6) is -0.770. The van der Waals surface area contributed by atoms with E-state index in [2.05, 4.69) is 20.9 Å². The van der Waals surface area contributed by atoms with E-state index in [-0.39, 0.29) is 12.5 Å². The number of hydrogen-bond donors (Lipinski definition) is 2. The highest BCUT2D eigenvalue weighted by atomic mass is 79.9. The topological polar surface area (TPSA) is 59.1 Å². The van der Waals surface area contributed by atoms with Gasteiger partial charge in [0.1, 0.15) is 5.82 Å². The number of pyridine rings is 1. The zero-order valence-electron chi connectivity index (χ0n) is 10.1. The maximum absolute atomic E-state index is 13.3. The van der Waals surface area contributed by atoms with Crippen LogP contribution >= 0.6 is 15.9 Å². The van der Waals surface area contributed by atoms with Gasteiger partial charge in [-0.05, 0) is 35.9 Å². The van der Waals surface area contributed by atoms with Gasteiger partial charge >= 0.3 is 0 Å². The van der Waals surface area contributed by atoms with Gasteiger partial charge in [-0.25, -0.2) is 4.39 Å². The zero-order valence-corrected chi connectivity index (χ0v) is 11.7. The monoisotopic (exact) mass is 324 g/mol. The molecule has 0 fully saturated rings. The van der Waals surface area contributed by atoms with Crippen LogP contribution in [-0.4, -0.2) is 16.6 Å². The second kappa shape index (κ2) is 6.23. The molecule has 1 aromatic carbocycles. The normalized spacial score (nSPS) is 14.1. The molecule has 0 amide bonds. The van der Waals surface area contributed by atoms with Crippen molar-refractivity contribution in [1.29, 1.82) is 0 Å². The molecule has 0 aliphatic heterocycles. The number of aliphatic hydroxyl groups excluding tert-OH is 1. The van der Waals surface area contributed by atoms with Crippen molar-refractivity contribution >= 4 is 15.9 Å². The molecule has 1 aromatic heterocycles.